The number of primary amides is 1. The van der Waals surface area contributed by atoms with E-state index in [0.29, 0.717) is 18.8 Å². The highest BCUT2D eigenvalue weighted by Gasteiger charge is 2.23. The first-order valence-electron chi connectivity index (χ1n) is 8.44. The number of aryl methyl sites for hydroxylation is 1. The van der Waals surface area contributed by atoms with E-state index in [9.17, 15) is 9.59 Å². The van der Waals surface area contributed by atoms with Gasteiger partial charge in [-0.2, -0.15) is 10.1 Å². The molecule has 142 valence electrons. The molecule has 1 aliphatic rings. The largest absolute Gasteiger partial charge is 0.364 e. The van der Waals surface area contributed by atoms with Gasteiger partial charge in [-0.05, 0) is 18.9 Å². The predicted molar refractivity (Wildman–Crippen MR) is 98.3 cm³/mol. The number of nitrogens with zero attached hydrogens (tertiary/aromatic N) is 6. The van der Waals surface area contributed by atoms with Crippen LogP contribution in [0.2, 0.25) is 0 Å². The van der Waals surface area contributed by atoms with Crippen molar-refractivity contribution in [2.24, 2.45) is 12.8 Å². The number of carbonyl (C=O) groups excluding carboxylic acids is 2. The average molecular weight is 371 g/mol. The fourth-order valence-corrected chi connectivity index (χ4v) is 2.87. The lowest BCUT2D eigenvalue weighted by Gasteiger charge is -2.32. The molecule has 2 amide bonds. The van der Waals surface area contributed by atoms with E-state index in [2.05, 4.69) is 37.5 Å². The van der Waals surface area contributed by atoms with Gasteiger partial charge in [0.15, 0.2) is 11.5 Å². The van der Waals surface area contributed by atoms with Crippen molar-refractivity contribution >= 4 is 29.3 Å². The molecule has 1 saturated heterocycles. The quantitative estimate of drug-likeness (QED) is 0.604. The lowest BCUT2D eigenvalue weighted by molar-refractivity contribution is -0.127. The number of likely N-dealkylation sites (tertiary alicyclic amines) is 1. The van der Waals surface area contributed by atoms with Gasteiger partial charge in [0.2, 0.25) is 11.9 Å². The summed E-state index contributed by atoms with van der Waals surface area (Å²) >= 11 is 0. The molecule has 0 radical (unpaired) electrons. The molecule has 0 bridgehead atoms. The number of amides is 2. The molecule has 2 aromatic rings. The maximum atomic E-state index is 11.8. The number of anilines is 3. The third-order valence-electron chi connectivity index (χ3n) is 4.13. The molecule has 3 rings (SSSR count). The average Bonchev–Trinajstić information content (AvgIpc) is 3.06. The van der Waals surface area contributed by atoms with Gasteiger partial charge in [0.1, 0.15) is 0 Å². The smallest absolute Gasteiger partial charge is 0.273 e. The van der Waals surface area contributed by atoms with Crippen LogP contribution in [0.5, 0.6) is 0 Å². The minimum atomic E-state index is -0.742. The van der Waals surface area contributed by atoms with Crippen LogP contribution in [-0.2, 0) is 11.8 Å². The summed E-state index contributed by atoms with van der Waals surface area (Å²) in [5.41, 5.74) is 5.92. The van der Waals surface area contributed by atoms with Crippen molar-refractivity contribution in [3.63, 3.8) is 0 Å². The van der Waals surface area contributed by atoms with Gasteiger partial charge in [-0.25, -0.2) is 0 Å². The third-order valence-corrected chi connectivity index (χ3v) is 4.13. The molecule has 4 N–H and O–H groups in total. The first-order valence-corrected chi connectivity index (χ1v) is 8.44. The normalized spacial score (nSPS) is 16.6. The Labute approximate surface area is 155 Å². The Hall–Kier alpha value is -3.50. The first-order chi connectivity index (χ1) is 13.0. The Morgan fingerprint density at radius 3 is 2.89 bits per heavy atom. The molecule has 11 heteroatoms. The van der Waals surface area contributed by atoms with E-state index in [1.165, 1.54) is 6.08 Å². The van der Waals surface area contributed by atoms with Gasteiger partial charge in [-0.15, -0.1) is 10.2 Å². The Bertz CT molecular complexity index is 863. The Morgan fingerprint density at radius 2 is 2.22 bits per heavy atom. The fourth-order valence-electron chi connectivity index (χ4n) is 2.87. The van der Waals surface area contributed by atoms with Gasteiger partial charge in [-0.1, -0.05) is 6.58 Å². The van der Waals surface area contributed by atoms with Crippen LogP contribution in [0.4, 0.5) is 17.5 Å². The van der Waals surface area contributed by atoms with Crippen molar-refractivity contribution in [1.29, 1.82) is 0 Å². The molecule has 1 fully saturated rings. The van der Waals surface area contributed by atoms with E-state index in [-0.39, 0.29) is 29.4 Å². The van der Waals surface area contributed by atoms with Crippen LogP contribution in [0.15, 0.2) is 25.0 Å². The third kappa shape index (κ3) is 4.37. The van der Waals surface area contributed by atoms with Crippen LogP contribution in [0.3, 0.4) is 0 Å². The van der Waals surface area contributed by atoms with Crippen LogP contribution >= 0.6 is 0 Å². The molecular formula is C16H21N9O2. The minimum absolute atomic E-state index is 0.0323. The lowest BCUT2D eigenvalue weighted by atomic mass is 10.1. The van der Waals surface area contributed by atoms with E-state index >= 15 is 0 Å². The summed E-state index contributed by atoms with van der Waals surface area (Å²) in [6.45, 7) is 4.72. The minimum Gasteiger partial charge on any atom is -0.364 e. The van der Waals surface area contributed by atoms with E-state index in [4.69, 9.17) is 5.73 Å². The second-order valence-electron chi connectivity index (χ2n) is 6.20. The van der Waals surface area contributed by atoms with Crippen molar-refractivity contribution in [2.45, 2.75) is 18.9 Å². The highest BCUT2D eigenvalue weighted by molar-refractivity contribution is 5.96. The standard InChI is InChI=1S/C16H21N9O2/c1-3-12(26)25-6-4-5-10(9-25)20-16-21-15(13(14(17)27)22-23-16)19-11-7-18-24(2)8-11/h3,7-8,10H,1,4-6,9H2,2H3,(H2,17,27)(H2,19,20,21,23). The van der Waals surface area contributed by atoms with Crippen molar-refractivity contribution in [2.75, 3.05) is 23.7 Å². The SMILES string of the molecule is C=CC(=O)N1CCCC(Nc2nnc(C(N)=O)c(Nc3cnn(C)c3)n2)C1. The van der Waals surface area contributed by atoms with Gasteiger partial charge in [0.25, 0.3) is 5.91 Å². The molecule has 0 saturated carbocycles. The summed E-state index contributed by atoms with van der Waals surface area (Å²) in [6.07, 6.45) is 6.32. The number of nitrogens with two attached hydrogens (primary N) is 1. The number of hydrogen-bond donors (Lipinski definition) is 3. The number of nitrogens with one attached hydrogen (secondary N) is 2. The second-order valence-corrected chi connectivity index (χ2v) is 6.20. The van der Waals surface area contributed by atoms with Crippen molar-refractivity contribution < 1.29 is 9.59 Å². The Balaban J connectivity index is 1.77. The molecule has 1 atom stereocenters. The molecule has 1 unspecified atom stereocenters. The summed E-state index contributed by atoms with van der Waals surface area (Å²) < 4.78 is 1.60. The zero-order valence-corrected chi connectivity index (χ0v) is 14.9. The summed E-state index contributed by atoms with van der Waals surface area (Å²) in [6, 6.07) is -0.0323. The fraction of sp³-hybridized carbons (Fsp3) is 0.375. The molecule has 0 spiro atoms. The monoisotopic (exact) mass is 371 g/mol. The summed E-state index contributed by atoms with van der Waals surface area (Å²) in [4.78, 5) is 29.5. The van der Waals surface area contributed by atoms with Crippen LogP contribution < -0.4 is 16.4 Å². The number of hydrogen-bond acceptors (Lipinski definition) is 8. The molecule has 1 aliphatic heterocycles. The number of piperidine rings is 1. The predicted octanol–water partition coefficient (Wildman–Crippen LogP) is 0.0365. The molecule has 0 aromatic carbocycles. The summed E-state index contributed by atoms with van der Waals surface area (Å²) in [5.74, 6) is -0.427. The molecule has 0 aliphatic carbocycles. The van der Waals surface area contributed by atoms with Gasteiger partial charge in [0, 0.05) is 32.4 Å². The second kappa shape index (κ2) is 7.81. The summed E-state index contributed by atoms with van der Waals surface area (Å²) in [7, 11) is 1.77. The van der Waals surface area contributed by atoms with E-state index in [1.54, 1.807) is 29.0 Å². The zero-order chi connectivity index (χ0) is 19.4. The molecule has 3 heterocycles. The molecule has 11 nitrogen and oxygen atoms in total. The van der Waals surface area contributed by atoms with Crippen molar-refractivity contribution in [3.05, 3.63) is 30.7 Å². The highest BCUT2D eigenvalue weighted by Crippen LogP contribution is 2.19. The van der Waals surface area contributed by atoms with Crippen LogP contribution in [-0.4, -0.2) is 60.8 Å². The van der Waals surface area contributed by atoms with Crippen LogP contribution in [0, 0.1) is 0 Å². The number of aromatic nitrogens is 5. The molecule has 2 aromatic heterocycles. The van der Waals surface area contributed by atoms with Gasteiger partial charge >= 0.3 is 0 Å². The molecular weight excluding hydrogens is 350 g/mol. The summed E-state index contributed by atoms with van der Waals surface area (Å²) in [5, 5.41) is 18.0. The first kappa shape index (κ1) is 18.3. The van der Waals surface area contributed by atoms with Crippen LogP contribution in [0.25, 0.3) is 0 Å². The highest BCUT2D eigenvalue weighted by atomic mass is 16.2. The Morgan fingerprint density at radius 1 is 1.41 bits per heavy atom. The van der Waals surface area contributed by atoms with Gasteiger partial charge < -0.3 is 21.3 Å². The molecule has 27 heavy (non-hydrogen) atoms. The van der Waals surface area contributed by atoms with Gasteiger partial charge in [0.05, 0.1) is 11.9 Å². The van der Waals surface area contributed by atoms with Crippen molar-refractivity contribution in [1.82, 2.24) is 29.9 Å². The van der Waals surface area contributed by atoms with E-state index < -0.39 is 5.91 Å². The zero-order valence-electron chi connectivity index (χ0n) is 14.9. The van der Waals surface area contributed by atoms with E-state index in [1.807, 2.05) is 0 Å². The van der Waals surface area contributed by atoms with Crippen LogP contribution in [0.1, 0.15) is 23.3 Å². The maximum absolute atomic E-state index is 11.8. The number of rotatable bonds is 6. The number of carbonyl (C=O) groups is 2. The topological polar surface area (TPSA) is 144 Å². The van der Waals surface area contributed by atoms with Crippen molar-refractivity contribution in [3.8, 4) is 0 Å². The Kier molecular flexibility index (Phi) is 5.29. The maximum Gasteiger partial charge on any atom is 0.273 e. The van der Waals surface area contributed by atoms with Gasteiger partial charge in [-0.3, -0.25) is 14.3 Å². The lowest BCUT2D eigenvalue weighted by Crippen LogP contribution is -2.44. The van der Waals surface area contributed by atoms with E-state index in [0.717, 1.165) is 12.8 Å².